The van der Waals surface area contributed by atoms with Crippen molar-refractivity contribution < 1.29 is 4.79 Å². The first-order valence-corrected chi connectivity index (χ1v) is 6.68. The van der Waals surface area contributed by atoms with Crippen molar-refractivity contribution in [3.05, 3.63) is 54.4 Å². The number of nitrogens with zero attached hydrogens (tertiary/aromatic N) is 2. The van der Waals surface area contributed by atoms with E-state index < -0.39 is 0 Å². The average Bonchev–Trinajstić information content (AvgIpc) is 2.48. The van der Waals surface area contributed by atoms with Crippen molar-refractivity contribution in [3.8, 4) is 0 Å². The van der Waals surface area contributed by atoms with Crippen LogP contribution in [0.15, 0.2) is 48.8 Å². The van der Waals surface area contributed by atoms with Gasteiger partial charge in [-0.1, -0.05) is 30.3 Å². The topological polar surface area (TPSA) is 59.2 Å². The molecular weight excluding hydrogens is 250 g/mol. The minimum Gasteiger partial charge on any atom is -0.396 e. The first-order valence-electron chi connectivity index (χ1n) is 6.68. The van der Waals surface area contributed by atoms with E-state index in [0.717, 1.165) is 12.8 Å². The van der Waals surface area contributed by atoms with Crippen molar-refractivity contribution in [1.82, 2.24) is 4.98 Å². The van der Waals surface area contributed by atoms with Gasteiger partial charge in [-0.2, -0.15) is 0 Å². The third kappa shape index (κ3) is 3.57. The number of aryl methyl sites for hydroxylation is 1. The van der Waals surface area contributed by atoms with E-state index in [1.54, 1.807) is 30.4 Å². The molecule has 0 aliphatic carbocycles. The lowest BCUT2D eigenvalue weighted by Crippen LogP contribution is -2.26. The molecule has 20 heavy (non-hydrogen) atoms. The lowest BCUT2D eigenvalue weighted by molar-refractivity contribution is -0.118. The van der Waals surface area contributed by atoms with E-state index >= 15 is 0 Å². The van der Waals surface area contributed by atoms with Crippen LogP contribution in [-0.2, 0) is 11.2 Å². The molecule has 1 amide bonds. The second-order valence-electron chi connectivity index (χ2n) is 4.73. The summed E-state index contributed by atoms with van der Waals surface area (Å²) < 4.78 is 0. The minimum absolute atomic E-state index is 0.0684. The van der Waals surface area contributed by atoms with Gasteiger partial charge in [-0.25, -0.2) is 0 Å². The van der Waals surface area contributed by atoms with Crippen molar-refractivity contribution >= 4 is 17.3 Å². The number of carbonyl (C=O) groups is 1. The monoisotopic (exact) mass is 269 g/mol. The maximum absolute atomic E-state index is 12.1. The van der Waals surface area contributed by atoms with E-state index in [0.29, 0.717) is 17.8 Å². The summed E-state index contributed by atoms with van der Waals surface area (Å²) in [6.45, 7) is 0. The number of amides is 1. The molecular formula is C16H19N3O. The number of hydrogen-bond acceptors (Lipinski definition) is 3. The Balaban J connectivity index is 1.87. The van der Waals surface area contributed by atoms with E-state index in [2.05, 4.69) is 17.1 Å². The highest BCUT2D eigenvalue weighted by molar-refractivity contribution is 5.95. The summed E-state index contributed by atoms with van der Waals surface area (Å²) in [5.41, 5.74) is 8.31. The van der Waals surface area contributed by atoms with E-state index in [4.69, 9.17) is 5.73 Å². The number of aromatic nitrogens is 1. The van der Waals surface area contributed by atoms with Gasteiger partial charge in [-0.3, -0.25) is 9.78 Å². The molecule has 104 valence electrons. The van der Waals surface area contributed by atoms with Gasteiger partial charge in [0.1, 0.15) is 0 Å². The van der Waals surface area contributed by atoms with Crippen molar-refractivity contribution in [2.24, 2.45) is 0 Å². The third-order valence-corrected chi connectivity index (χ3v) is 3.26. The molecule has 0 unspecified atom stereocenters. The summed E-state index contributed by atoms with van der Waals surface area (Å²) in [5, 5.41) is 0. The normalized spacial score (nSPS) is 10.2. The molecule has 0 aliphatic rings. The van der Waals surface area contributed by atoms with Crippen molar-refractivity contribution in [1.29, 1.82) is 0 Å². The van der Waals surface area contributed by atoms with Crippen LogP contribution in [-0.4, -0.2) is 17.9 Å². The predicted octanol–water partition coefficient (Wildman–Crippen LogP) is 2.65. The van der Waals surface area contributed by atoms with Crippen LogP contribution in [0.1, 0.15) is 18.4 Å². The first kappa shape index (κ1) is 14.1. The lowest BCUT2D eigenvalue weighted by Gasteiger charge is -2.18. The van der Waals surface area contributed by atoms with E-state index in [9.17, 15) is 4.79 Å². The van der Waals surface area contributed by atoms with Crippen molar-refractivity contribution in [2.45, 2.75) is 19.3 Å². The number of nitrogen functional groups attached to an aromatic ring is 1. The highest BCUT2D eigenvalue weighted by atomic mass is 16.2. The first-order chi connectivity index (χ1) is 9.68. The summed E-state index contributed by atoms with van der Waals surface area (Å²) in [6.07, 6.45) is 5.44. The summed E-state index contributed by atoms with van der Waals surface area (Å²) in [6, 6.07) is 11.9. The predicted molar refractivity (Wildman–Crippen MR) is 81.4 cm³/mol. The van der Waals surface area contributed by atoms with Gasteiger partial charge in [0.25, 0.3) is 0 Å². The van der Waals surface area contributed by atoms with Gasteiger partial charge in [-0.05, 0) is 24.5 Å². The Morgan fingerprint density at radius 3 is 2.70 bits per heavy atom. The van der Waals surface area contributed by atoms with Gasteiger partial charge >= 0.3 is 0 Å². The van der Waals surface area contributed by atoms with E-state index in [-0.39, 0.29) is 5.91 Å². The molecule has 2 aromatic rings. The maximum atomic E-state index is 12.1. The van der Waals surface area contributed by atoms with Crippen molar-refractivity contribution in [2.75, 3.05) is 17.7 Å². The van der Waals surface area contributed by atoms with Crippen LogP contribution >= 0.6 is 0 Å². The van der Waals surface area contributed by atoms with Crippen LogP contribution in [0.5, 0.6) is 0 Å². The lowest BCUT2D eigenvalue weighted by atomic mass is 10.1. The summed E-state index contributed by atoms with van der Waals surface area (Å²) in [7, 11) is 1.75. The molecule has 0 atom stereocenters. The Morgan fingerprint density at radius 2 is 2.00 bits per heavy atom. The fourth-order valence-electron chi connectivity index (χ4n) is 2.10. The number of rotatable bonds is 5. The smallest absolute Gasteiger partial charge is 0.226 e. The summed E-state index contributed by atoms with van der Waals surface area (Å²) in [4.78, 5) is 17.7. The molecule has 0 spiro atoms. The van der Waals surface area contributed by atoms with E-state index in [1.807, 2.05) is 18.2 Å². The second kappa shape index (κ2) is 6.70. The number of carbonyl (C=O) groups excluding carboxylic acids is 1. The molecule has 1 aromatic carbocycles. The number of anilines is 2. The third-order valence-electron chi connectivity index (χ3n) is 3.26. The minimum atomic E-state index is 0.0684. The second-order valence-corrected chi connectivity index (χ2v) is 4.73. The Morgan fingerprint density at radius 1 is 1.25 bits per heavy atom. The Hall–Kier alpha value is -2.36. The van der Waals surface area contributed by atoms with Gasteiger partial charge in [0.15, 0.2) is 0 Å². The molecule has 0 saturated heterocycles. The summed E-state index contributed by atoms with van der Waals surface area (Å²) in [5.74, 6) is 0.0684. The zero-order valence-corrected chi connectivity index (χ0v) is 11.6. The van der Waals surface area contributed by atoms with Gasteiger partial charge in [0.2, 0.25) is 5.91 Å². The van der Waals surface area contributed by atoms with Crippen LogP contribution in [0.2, 0.25) is 0 Å². The van der Waals surface area contributed by atoms with Crippen LogP contribution < -0.4 is 10.6 Å². The zero-order chi connectivity index (χ0) is 14.4. The van der Waals surface area contributed by atoms with E-state index in [1.165, 1.54) is 5.56 Å². The molecule has 2 rings (SSSR count). The molecule has 1 heterocycles. The maximum Gasteiger partial charge on any atom is 0.226 e. The quantitative estimate of drug-likeness (QED) is 0.907. The van der Waals surface area contributed by atoms with Gasteiger partial charge in [0, 0.05) is 19.7 Å². The fourth-order valence-corrected chi connectivity index (χ4v) is 2.10. The number of benzene rings is 1. The summed E-state index contributed by atoms with van der Waals surface area (Å²) >= 11 is 0. The molecule has 1 aromatic heterocycles. The molecule has 0 saturated carbocycles. The Kier molecular flexibility index (Phi) is 4.71. The molecule has 0 aliphatic heterocycles. The van der Waals surface area contributed by atoms with Crippen LogP contribution in [0, 0.1) is 0 Å². The zero-order valence-electron chi connectivity index (χ0n) is 11.6. The number of nitrogens with two attached hydrogens (primary N) is 1. The highest BCUT2D eigenvalue weighted by Gasteiger charge is 2.12. The van der Waals surface area contributed by atoms with Gasteiger partial charge < -0.3 is 10.6 Å². The fraction of sp³-hybridized carbons (Fsp3) is 0.250. The molecule has 4 nitrogen and oxygen atoms in total. The van der Waals surface area contributed by atoms with Crippen LogP contribution in [0.25, 0.3) is 0 Å². The average molecular weight is 269 g/mol. The van der Waals surface area contributed by atoms with Gasteiger partial charge in [-0.15, -0.1) is 0 Å². The van der Waals surface area contributed by atoms with Crippen molar-refractivity contribution in [3.63, 3.8) is 0 Å². The standard InChI is InChI=1S/C16H19N3O/c1-19(15-10-11-18-12-14(15)17)16(20)9-5-8-13-6-3-2-4-7-13/h2-4,6-7,10-12H,5,8-9,17H2,1H3. The SMILES string of the molecule is CN(C(=O)CCCc1ccccc1)c1ccncc1N. The number of hydrogen-bond donors (Lipinski definition) is 1. The Labute approximate surface area is 119 Å². The number of pyridine rings is 1. The molecule has 2 N–H and O–H groups in total. The molecule has 0 radical (unpaired) electrons. The molecule has 0 fully saturated rings. The Bertz CT molecular complexity index is 569. The molecule has 0 bridgehead atoms. The molecule has 4 heteroatoms. The highest BCUT2D eigenvalue weighted by Crippen LogP contribution is 2.20. The van der Waals surface area contributed by atoms with Crippen LogP contribution in [0.3, 0.4) is 0 Å². The largest absolute Gasteiger partial charge is 0.396 e. The van der Waals surface area contributed by atoms with Gasteiger partial charge in [0.05, 0.1) is 17.6 Å². The van der Waals surface area contributed by atoms with Crippen LogP contribution in [0.4, 0.5) is 11.4 Å².